The van der Waals surface area contributed by atoms with Gasteiger partial charge >= 0.3 is 0 Å². The minimum atomic E-state index is -0.00737. The van der Waals surface area contributed by atoms with Crippen LogP contribution in [0.4, 0.5) is 0 Å². The minimum absolute atomic E-state index is 0.00737. The van der Waals surface area contributed by atoms with E-state index in [9.17, 15) is 4.79 Å². The molecule has 0 unspecified atom stereocenters. The van der Waals surface area contributed by atoms with Crippen molar-refractivity contribution in [3.63, 3.8) is 0 Å². The Morgan fingerprint density at radius 1 is 1.15 bits per heavy atom. The zero-order valence-corrected chi connectivity index (χ0v) is 11.5. The van der Waals surface area contributed by atoms with Gasteiger partial charge in [-0.15, -0.1) is 0 Å². The van der Waals surface area contributed by atoms with Crippen molar-refractivity contribution < 1.29 is 9.53 Å². The molecule has 0 radical (unpaired) electrons. The second-order valence-corrected chi connectivity index (χ2v) is 5.06. The zero-order valence-electron chi connectivity index (χ0n) is 11.5. The van der Waals surface area contributed by atoms with Gasteiger partial charge in [-0.3, -0.25) is 4.79 Å². The Morgan fingerprint density at radius 2 is 1.95 bits per heavy atom. The monoisotopic (exact) mass is 267 g/mol. The van der Waals surface area contributed by atoms with Crippen LogP contribution in [0.2, 0.25) is 0 Å². The quantitative estimate of drug-likeness (QED) is 0.928. The molecule has 3 heteroatoms. The summed E-state index contributed by atoms with van der Waals surface area (Å²) in [6.45, 7) is 3.27. The fraction of sp³-hybridized carbons (Fsp3) is 0.235. The number of amides is 1. The summed E-state index contributed by atoms with van der Waals surface area (Å²) in [5.41, 5.74) is 4.12. The van der Waals surface area contributed by atoms with Gasteiger partial charge in [0.15, 0.2) is 0 Å². The first-order valence-corrected chi connectivity index (χ1v) is 6.82. The highest BCUT2D eigenvalue weighted by Gasteiger charge is 2.19. The van der Waals surface area contributed by atoms with Gasteiger partial charge in [0.25, 0.3) is 5.91 Å². The summed E-state index contributed by atoms with van der Waals surface area (Å²) >= 11 is 0. The van der Waals surface area contributed by atoms with Gasteiger partial charge in [-0.05, 0) is 31.0 Å². The normalized spacial score (nSPS) is 13.6. The van der Waals surface area contributed by atoms with Gasteiger partial charge in [0.05, 0.1) is 0 Å². The highest BCUT2D eigenvalue weighted by atomic mass is 16.5. The lowest BCUT2D eigenvalue weighted by atomic mass is 9.99. The number of aryl methyl sites for hydroxylation is 1. The summed E-state index contributed by atoms with van der Waals surface area (Å²) < 4.78 is 5.90. The van der Waals surface area contributed by atoms with E-state index in [-0.39, 0.29) is 5.91 Å². The highest BCUT2D eigenvalue weighted by molar-refractivity contribution is 5.97. The Morgan fingerprint density at radius 3 is 2.75 bits per heavy atom. The molecule has 0 aliphatic carbocycles. The zero-order chi connectivity index (χ0) is 13.9. The summed E-state index contributed by atoms with van der Waals surface area (Å²) in [6, 6.07) is 13.9. The number of fused-ring (bicyclic) bond motifs is 1. The summed E-state index contributed by atoms with van der Waals surface area (Å²) in [7, 11) is 0. The molecule has 0 saturated carbocycles. The molecule has 20 heavy (non-hydrogen) atoms. The first kappa shape index (κ1) is 12.7. The van der Waals surface area contributed by atoms with Crippen molar-refractivity contribution in [2.24, 2.45) is 0 Å². The van der Waals surface area contributed by atoms with Crippen LogP contribution in [0.3, 0.4) is 0 Å². The molecule has 3 nitrogen and oxygen atoms in total. The third-order valence-electron chi connectivity index (χ3n) is 3.55. The standard InChI is InChI=1S/C17H17NO2/c1-12-5-7-13(8-6-12)11-20-16-4-2-3-15-14(16)9-10-18-17(15)19/h2-8H,9-11H2,1H3,(H,18,19). The second kappa shape index (κ2) is 5.37. The van der Waals surface area contributed by atoms with Gasteiger partial charge in [0.1, 0.15) is 12.4 Å². The van der Waals surface area contributed by atoms with E-state index in [0.717, 1.165) is 28.9 Å². The lowest BCUT2D eigenvalue weighted by Crippen LogP contribution is -2.32. The Labute approximate surface area is 118 Å². The van der Waals surface area contributed by atoms with Crippen molar-refractivity contribution in [2.75, 3.05) is 6.54 Å². The number of benzene rings is 2. The van der Waals surface area contributed by atoms with Crippen molar-refractivity contribution >= 4 is 5.91 Å². The number of nitrogens with one attached hydrogen (secondary N) is 1. The molecule has 0 saturated heterocycles. The molecule has 102 valence electrons. The molecule has 1 amide bonds. The number of rotatable bonds is 3. The Hall–Kier alpha value is -2.29. The first-order chi connectivity index (χ1) is 9.74. The Kier molecular flexibility index (Phi) is 3.42. The largest absolute Gasteiger partial charge is 0.489 e. The Bertz CT molecular complexity index is 632. The molecule has 1 aliphatic rings. The van der Waals surface area contributed by atoms with E-state index >= 15 is 0 Å². The smallest absolute Gasteiger partial charge is 0.251 e. The van der Waals surface area contributed by atoms with Crippen LogP contribution in [0.15, 0.2) is 42.5 Å². The Balaban J connectivity index is 1.79. The maximum atomic E-state index is 11.8. The SMILES string of the molecule is Cc1ccc(COc2cccc3c2CCNC3=O)cc1. The topological polar surface area (TPSA) is 38.3 Å². The third-order valence-corrected chi connectivity index (χ3v) is 3.55. The summed E-state index contributed by atoms with van der Waals surface area (Å²) in [4.78, 5) is 11.8. The third kappa shape index (κ3) is 2.52. The van der Waals surface area contributed by atoms with Gasteiger partial charge in [0, 0.05) is 17.7 Å². The average molecular weight is 267 g/mol. The van der Waals surface area contributed by atoms with Crippen molar-refractivity contribution in [1.82, 2.24) is 5.32 Å². The van der Waals surface area contributed by atoms with Crippen molar-refractivity contribution in [2.45, 2.75) is 20.0 Å². The predicted molar refractivity (Wildman–Crippen MR) is 78.0 cm³/mol. The van der Waals surface area contributed by atoms with E-state index in [1.807, 2.05) is 18.2 Å². The van der Waals surface area contributed by atoms with E-state index in [1.165, 1.54) is 5.56 Å². The summed E-state index contributed by atoms with van der Waals surface area (Å²) in [5.74, 6) is 0.810. The highest BCUT2D eigenvalue weighted by Crippen LogP contribution is 2.26. The molecular formula is C17H17NO2. The molecule has 0 aromatic heterocycles. The van der Waals surface area contributed by atoms with Gasteiger partial charge in [0.2, 0.25) is 0 Å². The van der Waals surface area contributed by atoms with Crippen molar-refractivity contribution in [3.05, 3.63) is 64.7 Å². The number of hydrogen-bond donors (Lipinski definition) is 1. The van der Waals surface area contributed by atoms with Crippen molar-refractivity contribution in [1.29, 1.82) is 0 Å². The van der Waals surface area contributed by atoms with Crippen LogP contribution in [0.5, 0.6) is 5.75 Å². The first-order valence-electron chi connectivity index (χ1n) is 6.82. The molecule has 2 aromatic rings. The van der Waals surface area contributed by atoms with Crippen LogP contribution in [0.1, 0.15) is 27.0 Å². The molecule has 0 spiro atoms. The number of hydrogen-bond acceptors (Lipinski definition) is 2. The minimum Gasteiger partial charge on any atom is -0.489 e. The maximum Gasteiger partial charge on any atom is 0.251 e. The summed E-state index contributed by atoms with van der Waals surface area (Å²) in [6.07, 6.45) is 0.825. The molecule has 1 aliphatic heterocycles. The van der Waals surface area contributed by atoms with E-state index in [4.69, 9.17) is 4.74 Å². The van der Waals surface area contributed by atoms with Gasteiger partial charge < -0.3 is 10.1 Å². The molecular weight excluding hydrogens is 250 g/mol. The van der Waals surface area contributed by atoms with Crippen LogP contribution in [-0.2, 0) is 13.0 Å². The molecule has 1 heterocycles. The molecule has 0 bridgehead atoms. The van der Waals surface area contributed by atoms with Crippen LogP contribution in [-0.4, -0.2) is 12.5 Å². The van der Waals surface area contributed by atoms with Crippen LogP contribution < -0.4 is 10.1 Å². The molecule has 0 atom stereocenters. The van der Waals surface area contributed by atoms with Gasteiger partial charge in [-0.2, -0.15) is 0 Å². The lowest BCUT2D eigenvalue weighted by molar-refractivity contribution is 0.0945. The number of carbonyl (C=O) groups is 1. The van der Waals surface area contributed by atoms with E-state index in [0.29, 0.717) is 13.2 Å². The fourth-order valence-electron chi connectivity index (χ4n) is 2.41. The lowest BCUT2D eigenvalue weighted by Gasteiger charge is -2.19. The van der Waals surface area contributed by atoms with Crippen LogP contribution in [0.25, 0.3) is 0 Å². The van der Waals surface area contributed by atoms with E-state index in [2.05, 4.69) is 36.5 Å². The van der Waals surface area contributed by atoms with Crippen molar-refractivity contribution in [3.8, 4) is 5.75 Å². The second-order valence-electron chi connectivity index (χ2n) is 5.06. The predicted octanol–water partition coefficient (Wildman–Crippen LogP) is 2.86. The molecule has 1 N–H and O–H groups in total. The van der Waals surface area contributed by atoms with E-state index < -0.39 is 0 Å². The van der Waals surface area contributed by atoms with Crippen LogP contribution in [0, 0.1) is 6.92 Å². The molecule has 3 rings (SSSR count). The fourth-order valence-corrected chi connectivity index (χ4v) is 2.41. The average Bonchev–Trinajstić information content (AvgIpc) is 2.47. The van der Waals surface area contributed by atoms with Crippen LogP contribution >= 0.6 is 0 Å². The van der Waals surface area contributed by atoms with E-state index in [1.54, 1.807) is 0 Å². The van der Waals surface area contributed by atoms with Gasteiger partial charge in [-0.25, -0.2) is 0 Å². The number of ether oxygens (including phenoxy) is 1. The maximum absolute atomic E-state index is 11.8. The van der Waals surface area contributed by atoms with Gasteiger partial charge in [-0.1, -0.05) is 35.9 Å². The summed E-state index contributed by atoms with van der Waals surface area (Å²) in [5, 5.41) is 2.85. The molecule has 2 aromatic carbocycles. The molecule has 0 fully saturated rings. The number of carbonyl (C=O) groups excluding carboxylic acids is 1.